The van der Waals surface area contributed by atoms with Gasteiger partial charge in [-0.2, -0.15) is 0 Å². The maximum absolute atomic E-state index is 12.4. The molecule has 2 atom stereocenters. The first kappa shape index (κ1) is 14.4. The van der Waals surface area contributed by atoms with Crippen LogP contribution in [0.5, 0.6) is 0 Å². The Morgan fingerprint density at radius 3 is 2.90 bits per heavy atom. The van der Waals surface area contributed by atoms with Gasteiger partial charge in [0.25, 0.3) is 0 Å². The topological polar surface area (TPSA) is 108 Å². The zero-order valence-electron chi connectivity index (χ0n) is 11.5. The lowest BCUT2D eigenvalue weighted by atomic mass is 10.1. The van der Waals surface area contributed by atoms with Crippen LogP contribution >= 0.6 is 0 Å². The minimum absolute atomic E-state index is 0.204. The molecule has 2 unspecified atom stereocenters. The van der Waals surface area contributed by atoms with Gasteiger partial charge >= 0.3 is 0 Å². The highest BCUT2D eigenvalue weighted by Crippen LogP contribution is 2.27. The number of anilines is 1. The van der Waals surface area contributed by atoms with E-state index in [2.05, 4.69) is 9.71 Å². The average molecular weight is 309 g/mol. The van der Waals surface area contributed by atoms with E-state index < -0.39 is 10.0 Å². The lowest BCUT2D eigenvalue weighted by Crippen LogP contribution is -2.28. The Labute approximate surface area is 123 Å². The Bertz CT molecular complexity index is 754. The van der Waals surface area contributed by atoms with Crippen LogP contribution in [-0.2, 0) is 10.0 Å². The molecule has 3 rings (SSSR count). The van der Waals surface area contributed by atoms with E-state index in [1.165, 1.54) is 6.20 Å². The van der Waals surface area contributed by atoms with Gasteiger partial charge in [0, 0.05) is 29.3 Å². The second-order valence-corrected chi connectivity index (χ2v) is 7.38. The van der Waals surface area contributed by atoms with Crippen molar-refractivity contribution in [2.75, 3.05) is 12.3 Å². The van der Waals surface area contributed by atoms with Gasteiger partial charge in [-0.3, -0.25) is 0 Å². The number of aliphatic hydroxyl groups excluding tert-OH is 1. The molecular weight excluding hydrogens is 290 g/mol. The lowest BCUT2D eigenvalue weighted by Gasteiger charge is -2.11. The number of nitrogens with two attached hydrogens (primary N) is 1. The summed E-state index contributed by atoms with van der Waals surface area (Å²) in [6, 6.07) is 5.10. The lowest BCUT2D eigenvalue weighted by molar-refractivity contribution is 0.178. The summed E-state index contributed by atoms with van der Waals surface area (Å²) in [6.45, 7) is 0.362. The number of benzene rings is 1. The van der Waals surface area contributed by atoms with E-state index in [1.54, 1.807) is 18.2 Å². The van der Waals surface area contributed by atoms with Gasteiger partial charge in [0.15, 0.2) is 0 Å². The molecule has 5 N–H and O–H groups in total. The van der Waals surface area contributed by atoms with E-state index in [0.717, 1.165) is 12.8 Å². The number of sulfonamides is 1. The van der Waals surface area contributed by atoms with Crippen LogP contribution in [0.3, 0.4) is 0 Å². The Balaban J connectivity index is 1.80. The van der Waals surface area contributed by atoms with Crippen LogP contribution in [0.4, 0.5) is 5.69 Å². The molecule has 1 saturated carbocycles. The Morgan fingerprint density at radius 2 is 2.19 bits per heavy atom. The van der Waals surface area contributed by atoms with Crippen molar-refractivity contribution in [2.24, 2.45) is 5.92 Å². The summed E-state index contributed by atoms with van der Waals surface area (Å²) in [5.74, 6) is 0.204. The fourth-order valence-electron chi connectivity index (χ4n) is 2.88. The third-order valence-corrected chi connectivity index (χ3v) is 5.50. The van der Waals surface area contributed by atoms with Crippen molar-refractivity contribution < 1.29 is 13.5 Å². The van der Waals surface area contributed by atoms with E-state index in [9.17, 15) is 13.5 Å². The summed E-state index contributed by atoms with van der Waals surface area (Å²) in [7, 11) is -3.57. The minimum Gasteiger partial charge on any atom is -0.399 e. The van der Waals surface area contributed by atoms with Crippen LogP contribution in [0.25, 0.3) is 10.9 Å². The van der Waals surface area contributed by atoms with Crippen LogP contribution in [0.15, 0.2) is 29.3 Å². The maximum atomic E-state index is 12.4. The second-order valence-electron chi connectivity index (χ2n) is 5.64. The van der Waals surface area contributed by atoms with Gasteiger partial charge in [0.05, 0.1) is 6.10 Å². The van der Waals surface area contributed by atoms with Crippen molar-refractivity contribution in [3.8, 4) is 0 Å². The molecule has 1 aliphatic rings. The Morgan fingerprint density at radius 1 is 1.38 bits per heavy atom. The molecule has 6 nitrogen and oxygen atoms in total. The molecule has 114 valence electrons. The van der Waals surface area contributed by atoms with Gasteiger partial charge in [-0.25, -0.2) is 13.1 Å². The monoisotopic (exact) mass is 309 g/mol. The van der Waals surface area contributed by atoms with Gasteiger partial charge in [-0.15, -0.1) is 0 Å². The molecule has 1 aliphatic carbocycles. The highest BCUT2D eigenvalue weighted by Gasteiger charge is 2.25. The number of aromatic nitrogens is 1. The first-order chi connectivity index (χ1) is 9.95. The summed E-state index contributed by atoms with van der Waals surface area (Å²) in [6.07, 6.45) is 3.45. The molecule has 0 radical (unpaired) electrons. The average Bonchev–Trinajstić information content (AvgIpc) is 3.02. The SMILES string of the molecule is Nc1ccc2c(S(=O)(=O)NCC3CCC(O)C3)c[nH]c2c1. The second kappa shape index (κ2) is 5.32. The first-order valence-corrected chi connectivity index (χ1v) is 8.48. The number of aliphatic hydroxyl groups is 1. The van der Waals surface area contributed by atoms with Gasteiger partial charge in [0.1, 0.15) is 4.90 Å². The number of rotatable bonds is 4. The molecule has 1 fully saturated rings. The summed E-state index contributed by atoms with van der Waals surface area (Å²) < 4.78 is 27.5. The van der Waals surface area contributed by atoms with E-state index in [0.29, 0.717) is 29.6 Å². The number of aromatic amines is 1. The predicted octanol–water partition coefficient (Wildman–Crippen LogP) is 1.19. The van der Waals surface area contributed by atoms with Crippen molar-refractivity contribution in [2.45, 2.75) is 30.3 Å². The van der Waals surface area contributed by atoms with E-state index in [4.69, 9.17) is 5.73 Å². The van der Waals surface area contributed by atoms with Gasteiger partial charge < -0.3 is 15.8 Å². The zero-order valence-corrected chi connectivity index (χ0v) is 12.4. The van der Waals surface area contributed by atoms with Gasteiger partial charge in [-0.05, 0) is 43.4 Å². The molecule has 2 aromatic rings. The number of H-pyrrole nitrogens is 1. The molecule has 1 aromatic heterocycles. The number of nitrogens with one attached hydrogen (secondary N) is 2. The summed E-state index contributed by atoms with van der Waals surface area (Å²) >= 11 is 0. The van der Waals surface area contributed by atoms with Crippen LogP contribution in [0, 0.1) is 5.92 Å². The molecule has 0 amide bonds. The normalized spacial score (nSPS) is 22.9. The number of nitrogen functional groups attached to an aromatic ring is 1. The molecule has 0 aliphatic heterocycles. The zero-order chi connectivity index (χ0) is 15.0. The van der Waals surface area contributed by atoms with Crippen LogP contribution in [-0.4, -0.2) is 31.2 Å². The van der Waals surface area contributed by atoms with Crippen molar-refractivity contribution in [1.82, 2.24) is 9.71 Å². The maximum Gasteiger partial charge on any atom is 0.242 e. The highest BCUT2D eigenvalue weighted by atomic mass is 32.2. The number of hydrogen-bond donors (Lipinski definition) is 4. The van der Waals surface area contributed by atoms with Crippen LogP contribution in [0.2, 0.25) is 0 Å². The molecular formula is C14H19N3O3S. The van der Waals surface area contributed by atoms with Gasteiger partial charge in [-0.1, -0.05) is 0 Å². The third kappa shape index (κ3) is 2.90. The molecule has 0 saturated heterocycles. The molecule has 0 bridgehead atoms. The van der Waals surface area contributed by atoms with E-state index in [-0.39, 0.29) is 16.9 Å². The third-order valence-electron chi connectivity index (χ3n) is 4.03. The molecule has 7 heteroatoms. The van der Waals surface area contributed by atoms with Crippen LogP contribution < -0.4 is 10.5 Å². The molecule has 21 heavy (non-hydrogen) atoms. The van der Waals surface area contributed by atoms with Crippen molar-refractivity contribution in [3.63, 3.8) is 0 Å². The standard InChI is InChI=1S/C14H19N3O3S/c15-10-2-4-12-13(6-10)16-8-14(12)21(19,20)17-7-9-1-3-11(18)5-9/h2,4,6,8-9,11,16-18H,1,3,5,7,15H2. The van der Waals surface area contributed by atoms with Crippen molar-refractivity contribution in [3.05, 3.63) is 24.4 Å². The highest BCUT2D eigenvalue weighted by molar-refractivity contribution is 7.89. The fraction of sp³-hybridized carbons (Fsp3) is 0.429. The summed E-state index contributed by atoms with van der Waals surface area (Å²) in [5, 5.41) is 10.1. The Kier molecular flexibility index (Phi) is 3.64. The van der Waals surface area contributed by atoms with E-state index in [1.807, 2.05) is 0 Å². The van der Waals surface area contributed by atoms with Crippen LogP contribution in [0.1, 0.15) is 19.3 Å². The minimum atomic E-state index is -3.57. The van der Waals surface area contributed by atoms with Gasteiger partial charge in [0.2, 0.25) is 10.0 Å². The fourth-order valence-corrected chi connectivity index (χ4v) is 4.17. The number of hydrogen-bond acceptors (Lipinski definition) is 4. The number of fused-ring (bicyclic) bond motifs is 1. The Hall–Kier alpha value is -1.57. The van der Waals surface area contributed by atoms with Crippen molar-refractivity contribution >= 4 is 26.6 Å². The van der Waals surface area contributed by atoms with Crippen molar-refractivity contribution in [1.29, 1.82) is 0 Å². The van der Waals surface area contributed by atoms with E-state index >= 15 is 0 Å². The molecule has 0 spiro atoms. The largest absolute Gasteiger partial charge is 0.399 e. The summed E-state index contributed by atoms with van der Waals surface area (Å²) in [4.78, 5) is 3.16. The first-order valence-electron chi connectivity index (χ1n) is 7.00. The quantitative estimate of drug-likeness (QED) is 0.636. The summed E-state index contributed by atoms with van der Waals surface area (Å²) in [5.41, 5.74) is 6.97. The molecule has 1 aromatic carbocycles. The predicted molar refractivity (Wildman–Crippen MR) is 81.2 cm³/mol. The molecule has 1 heterocycles. The smallest absolute Gasteiger partial charge is 0.242 e.